The van der Waals surface area contributed by atoms with Crippen LogP contribution in [0.2, 0.25) is 0 Å². The molecule has 19 heavy (non-hydrogen) atoms. The van der Waals surface area contributed by atoms with E-state index >= 15 is 0 Å². The van der Waals surface area contributed by atoms with Crippen LogP contribution in [-0.2, 0) is 10.8 Å². The Bertz CT molecular complexity index is 461. The zero-order chi connectivity index (χ0) is 13.8. The number of aryl methyl sites for hydroxylation is 1. The van der Waals surface area contributed by atoms with Crippen molar-refractivity contribution in [3.05, 3.63) is 29.3 Å². The molecule has 1 N–H and O–H groups in total. The Labute approximate surface area is 118 Å². The van der Waals surface area contributed by atoms with Crippen molar-refractivity contribution in [3.63, 3.8) is 0 Å². The van der Waals surface area contributed by atoms with Crippen LogP contribution in [0.3, 0.4) is 0 Å². The first-order valence-electron chi connectivity index (χ1n) is 6.86. The van der Waals surface area contributed by atoms with Gasteiger partial charge in [-0.2, -0.15) is 0 Å². The Morgan fingerprint density at radius 1 is 1.53 bits per heavy atom. The van der Waals surface area contributed by atoms with E-state index in [2.05, 4.69) is 37.4 Å². The van der Waals surface area contributed by atoms with Crippen molar-refractivity contribution in [1.82, 2.24) is 5.32 Å². The van der Waals surface area contributed by atoms with Crippen LogP contribution in [0.5, 0.6) is 5.75 Å². The summed E-state index contributed by atoms with van der Waals surface area (Å²) in [5.41, 5.74) is 2.43. The number of nitrogens with one attached hydrogen (secondary N) is 1. The van der Waals surface area contributed by atoms with Gasteiger partial charge in [0, 0.05) is 40.5 Å². The molecule has 3 nitrogen and oxygen atoms in total. The second-order valence-corrected chi connectivity index (χ2v) is 6.82. The maximum atomic E-state index is 11.3. The van der Waals surface area contributed by atoms with Gasteiger partial charge in [-0.1, -0.05) is 18.2 Å². The minimum Gasteiger partial charge on any atom is -0.493 e. The first-order chi connectivity index (χ1) is 9.08. The topological polar surface area (TPSA) is 38.3 Å². The van der Waals surface area contributed by atoms with Crippen LogP contribution in [0.25, 0.3) is 0 Å². The molecule has 1 aromatic rings. The van der Waals surface area contributed by atoms with Gasteiger partial charge in [0.15, 0.2) is 0 Å². The van der Waals surface area contributed by atoms with Gasteiger partial charge in [0.25, 0.3) is 0 Å². The molecule has 2 rings (SSSR count). The lowest BCUT2D eigenvalue weighted by atomic mass is 9.99. The first kappa shape index (κ1) is 14.5. The molecule has 3 unspecified atom stereocenters. The van der Waals surface area contributed by atoms with Gasteiger partial charge < -0.3 is 10.1 Å². The minimum absolute atomic E-state index is 0.252. The van der Waals surface area contributed by atoms with Gasteiger partial charge in [0.2, 0.25) is 0 Å². The Morgan fingerprint density at radius 3 is 3.05 bits per heavy atom. The standard InChI is InChI=1S/C15H23NO2S/c1-11-6-4-7-13-14(8-5-9-18-15(11)13)16-12(2)10-19(3)17/h4,6-7,12,14,16H,5,8-10H2,1-3H3. The van der Waals surface area contributed by atoms with Crippen molar-refractivity contribution in [3.8, 4) is 5.75 Å². The molecule has 1 aliphatic heterocycles. The highest BCUT2D eigenvalue weighted by atomic mass is 32.2. The number of benzene rings is 1. The van der Waals surface area contributed by atoms with Crippen molar-refractivity contribution in [2.24, 2.45) is 0 Å². The Hall–Kier alpha value is -0.870. The summed E-state index contributed by atoms with van der Waals surface area (Å²) in [6.07, 6.45) is 3.87. The summed E-state index contributed by atoms with van der Waals surface area (Å²) in [6.45, 7) is 4.97. The molecule has 0 saturated carbocycles. The summed E-state index contributed by atoms with van der Waals surface area (Å²) in [6, 6.07) is 6.87. The Morgan fingerprint density at radius 2 is 2.32 bits per heavy atom. The lowest BCUT2D eigenvalue weighted by molar-refractivity contribution is 0.313. The number of ether oxygens (including phenoxy) is 1. The molecule has 0 amide bonds. The normalized spacial score (nSPS) is 21.9. The number of rotatable bonds is 4. The summed E-state index contributed by atoms with van der Waals surface area (Å²) < 4.78 is 17.2. The zero-order valence-electron chi connectivity index (χ0n) is 11.9. The predicted octanol–water partition coefficient (Wildman–Crippen LogP) is 2.57. The lowest BCUT2D eigenvalue weighted by Gasteiger charge is -2.23. The van der Waals surface area contributed by atoms with Gasteiger partial charge in [0.05, 0.1) is 6.61 Å². The number of hydrogen-bond donors (Lipinski definition) is 1. The van der Waals surface area contributed by atoms with Gasteiger partial charge in [-0.3, -0.25) is 4.21 Å². The van der Waals surface area contributed by atoms with E-state index in [4.69, 9.17) is 4.74 Å². The van der Waals surface area contributed by atoms with Crippen LogP contribution < -0.4 is 10.1 Å². The summed E-state index contributed by atoms with van der Waals surface area (Å²) in [4.78, 5) is 0. The molecule has 0 aromatic heterocycles. The lowest BCUT2D eigenvalue weighted by Crippen LogP contribution is -2.34. The molecular formula is C15H23NO2S. The van der Waals surface area contributed by atoms with Crippen LogP contribution in [0, 0.1) is 6.92 Å². The van der Waals surface area contributed by atoms with E-state index in [1.807, 2.05) is 0 Å². The highest BCUT2D eigenvalue weighted by molar-refractivity contribution is 7.84. The first-order valence-corrected chi connectivity index (χ1v) is 8.59. The molecule has 0 fully saturated rings. The Balaban J connectivity index is 2.18. The van der Waals surface area contributed by atoms with Gasteiger partial charge in [0.1, 0.15) is 5.75 Å². The average Bonchev–Trinajstić information content (AvgIpc) is 2.52. The van der Waals surface area contributed by atoms with Gasteiger partial charge in [-0.25, -0.2) is 0 Å². The van der Waals surface area contributed by atoms with Crippen molar-refractivity contribution in [2.75, 3.05) is 18.6 Å². The predicted molar refractivity (Wildman–Crippen MR) is 80.2 cm³/mol. The zero-order valence-corrected chi connectivity index (χ0v) is 12.8. The summed E-state index contributed by atoms with van der Waals surface area (Å²) in [5, 5.41) is 3.60. The largest absolute Gasteiger partial charge is 0.493 e. The van der Waals surface area contributed by atoms with Gasteiger partial charge in [-0.05, 0) is 32.3 Å². The molecule has 1 aromatic carbocycles. The van der Waals surface area contributed by atoms with E-state index in [-0.39, 0.29) is 6.04 Å². The van der Waals surface area contributed by atoms with Gasteiger partial charge in [-0.15, -0.1) is 0 Å². The fourth-order valence-corrected chi connectivity index (χ4v) is 3.48. The van der Waals surface area contributed by atoms with Crippen LogP contribution >= 0.6 is 0 Å². The van der Waals surface area contributed by atoms with E-state index < -0.39 is 10.8 Å². The maximum absolute atomic E-state index is 11.3. The van der Waals surface area contributed by atoms with Crippen molar-refractivity contribution in [2.45, 2.75) is 38.8 Å². The van der Waals surface area contributed by atoms with Crippen LogP contribution in [0.1, 0.15) is 36.9 Å². The average molecular weight is 281 g/mol. The van der Waals surface area contributed by atoms with Crippen molar-refractivity contribution >= 4 is 10.8 Å². The van der Waals surface area contributed by atoms with Crippen LogP contribution in [0.15, 0.2) is 18.2 Å². The quantitative estimate of drug-likeness (QED) is 0.922. The summed E-state index contributed by atoms with van der Waals surface area (Å²) >= 11 is 0. The second-order valence-electron chi connectivity index (χ2n) is 5.34. The Kier molecular flexibility index (Phi) is 4.99. The second kappa shape index (κ2) is 6.53. The molecule has 1 heterocycles. The van der Waals surface area contributed by atoms with Crippen LogP contribution in [0.4, 0.5) is 0 Å². The van der Waals surface area contributed by atoms with E-state index in [1.165, 1.54) is 11.1 Å². The van der Waals surface area contributed by atoms with Crippen LogP contribution in [-0.4, -0.2) is 28.9 Å². The third kappa shape index (κ3) is 3.80. The smallest absolute Gasteiger partial charge is 0.126 e. The third-order valence-electron chi connectivity index (χ3n) is 3.47. The molecule has 0 aliphatic carbocycles. The molecule has 0 radical (unpaired) electrons. The number of para-hydroxylation sites is 1. The molecule has 0 saturated heterocycles. The molecular weight excluding hydrogens is 258 g/mol. The molecule has 4 heteroatoms. The summed E-state index contributed by atoms with van der Waals surface area (Å²) in [5.74, 6) is 1.72. The van der Waals surface area contributed by atoms with Gasteiger partial charge >= 0.3 is 0 Å². The van der Waals surface area contributed by atoms with E-state index in [0.717, 1.165) is 25.2 Å². The number of fused-ring (bicyclic) bond motifs is 1. The molecule has 3 atom stereocenters. The van der Waals surface area contributed by atoms with E-state index in [1.54, 1.807) is 6.26 Å². The molecule has 1 aliphatic rings. The fraction of sp³-hybridized carbons (Fsp3) is 0.600. The van der Waals surface area contributed by atoms with E-state index in [0.29, 0.717) is 11.8 Å². The van der Waals surface area contributed by atoms with Crippen molar-refractivity contribution in [1.29, 1.82) is 0 Å². The third-order valence-corrected chi connectivity index (χ3v) is 4.44. The molecule has 0 spiro atoms. The molecule has 106 valence electrons. The van der Waals surface area contributed by atoms with Crippen molar-refractivity contribution < 1.29 is 8.95 Å². The highest BCUT2D eigenvalue weighted by Gasteiger charge is 2.22. The summed E-state index contributed by atoms with van der Waals surface area (Å²) in [7, 11) is -0.760. The monoisotopic (exact) mass is 281 g/mol. The number of hydrogen-bond acceptors (Lipinski definition) is 3. The highest BCUT2D eigenvalue weighted by Crippen LogP contribution is 2.34. The molecule has 0 bridgehead atoms. The van der Waals surface area contributed by atoms with E-state index in [9.17, 15) is 4.21 Å². The fourth-order valence-electron chi connectivity index (χ4n) is 2.68. The SMILES string of the molecule is Cc1cccc2c1OCCCC2NC(C)CS(C)=O. The maximum Gasteiger partial charge on any atom is 0.126 e. The minimum atomic E-state index is -0.760.